The Morgan fingerprint density at radius 3 is 2.34 bits per heavy atom. The molecule has 9 heteroatoms. The summed E-state index contributed by atoms with van der Waals surface area (Å²) < 4.78 is 28.6. The molecule has 1 aromatic heterocycles. The normalized spacial score (nSPS) is 16.4. The number of benzene rings is 1. The Morgan fingerprint density at radius 1 is 1.05 bits per heavy atom. The van der Waals surface area contributed by atoms with Crippen molar-refractivity contribution < 1.29 is 18.0 Å². The Balaban J connectivity index is 1.53. The van der Waals surface area contributed by atoms with Crippen LogP contribution >= 0.6 is 11.3 Å². The largest absolute Gasteiger partial charge is 0.338 e. The summed E-state index contributed by atoms with van der Waals surface area (Å²) >= 11 is 1.21. The van der Waals surface area contributed by atoms with Crippen molar-refractivity contribution >= 4 is 33.3 Å². The van der Waals surface area contributed by atoms with Crippen LogP contribution in [-0.2, 0) is 27.8 Å². The molecule has 2 fully saturated rings. The maximum absolute atomic E-state index is 13.2. The van der Waals surface area contributed by atoms with Gasteiger partial charge in [0.1, 0.15) is 4.21 Å². The van der Waals surface area contributed by atoms with Crippen molar-refractivity contribution in [1.82, 2.24) is 14.9 Å². The van der Waals surface area contributed by atoms with E-state index in [2.05, 4.69) is 28.8 Å². The molecule has 4 rings (SSSR count). The second kappa shape index (κ2) is 12.6. The number of amides is 3. The van der Waals surface area contributed by atoms with Crippen LogP contribution in [0.25, 0.3) is 11.1 Å². The summed E-state index contributed by atoms with van der Waals surface area (Å²) in [6.45, 7) is 6.84. The Kier molecular flexibility index (Phi) is 9.52. The Morgan fingerprint density at radius 2 is 1.74 bits per heavy atom. The first kappa shape index (κ1) is 28.6. The predicted molar refractivity (Wildman–Crippen MR) is 152 cm³/mol. The van der Waals surface area contributed by atoms with Crippen LogP contribution in [0, 0.1) is 11.8 Å². The molecule has 0 aliphatic heterocycles. The number of hydrogen-bond acceptors (Lipinski definition) is 5. The van der Waals surface area contributed by atoms with Crippen LogP contribution in [0.15, 0.2) is 34.5 Å². The summed E-state index contributed by atoms with van der Waals surface area (Å²) in [7, 11) is -4.03. The Bertz CT molecular complexity index is 1210. The van der Waals surface area contributed by atoms with E-state index in [0.29, 0.717) is 43.0 Å². The predicted octanol–water partition coefficient (Wildman–Crippen LogP) is 6.08. The molecular formula is C29H41N3O4S2. The van der Waals surface area contributed by atoms with Gasteiger partial charge < -0.3 is 10.2 Å². The fourth-order valence-electron chi connectivity index (χ4n) is 5.24. The highest BCUT2D eigenvalue weighted by Gasteiger charge is 2.33. The fraction of sp³-hybridized carbons (Fsp3) is 0.586. The number of thiophene rings is 1. The van der Waals surface area contributed by atoms with E-state index in [4.69, 9.17) is 0 Å². The van der Waals surface area contributed by atoms with Crippen molar-refractivity contribution in [1.29, 1.82) is 0 Å². The molecule has 208 valence electrons. The van der Waals surface area contributed by atoms with Gasteiger partial charge in [-0.05, 0) is 68.1 Å². The molecule has 38 heavy (non-hydrogen) atoms. The van der Waals surface area contributed by atoms with Crippen LogP contribution in [0.3, 0.4) is 0 Å². The summed E-state index contributed by atoms with van der Waals surface area (Å²) in [6, 6.07) is 9.38. The van der Waals surface area contributed by atoms with Gasteiger partial charge in [-0.15, -0.1) is 11.3 Å². The fourth-order valence-corrected chi connectivity index (χ4v) is 8.12. The monoisotopic (exact) mass is 559 g/mol. The van der Waals surface area contributed by atoms with Gasteiger partial charge >= 0.3 is 6.03 Å². The van der Waals surface area contributed by atoms with Gasteiger partial charge in [0.15, 0.2) is 0 Å². The number of rotatable bonds is 11. The molecule has 7 nitrogen and oxygen atoms in total. The first-order valence-electron chi connectivity index (χ1n) is 14.0. The lowest BCUT2D eigenvalue weighted by atomic mass is 9.86. The van der Waals surface area contributed by atoms with Crippen LogP contribution in [-0.4, -0.2) is 37.8 Å². The van der Waals surface area contributed by atoms with Crippen molar-refractivity contribution in [3.63, 3.8) is 0 Å². The van der Waals surface area contributed by atoms with Crippen molar-refractivity contribution in [2.24, 2.45) is 11.8 Å². The maximum atomic E-state index is 13.2. The lowest BCUT2D eigenvalue weighted by Gasteiger charge is -2.27. The van der Waals surface area contributed by atoms with Crippen LogP contribution in [0.5, 0.6) is 0 Å². The summed E-state index contributed by atoms with van der Waals surface area (Å²) in [5.74, 6) is 1.16. The van der Waals surface area contributed by atoms with E-state index < -0.39 is 16.1 Å². The molecule has 3 amide bonds. The minimum Gasteiger partial charge on any atom is -0.338 e. The first-order chi connectivity index (χ1) is 18.2. The minimum atomic E-state index is -4.03. The van der Waals surface area contributed by atoms with E-state index in [0.717, 1.165) is 35.3 Å². The van der Waals surface area contributed by atoms with E-state index in [1.54, 1.807) is 6.92 Å². The van der Waals surface area contributed by atoms with Gasteiger partial charge in [-0.1, -0.05) is 57.4 Å². The molecule has 1 heterocycles. The SMILES string of the molecule is CCNC(=O)NS(=O)(=O)c1sc(CC(C)C)cc1-c1ccc(CN(C(=O)CC2CCCCC2)C2CC2)cc1. The van der Waals surface area contributed by atoms with Gasteiger partial charge in [0.2, 0.25) is 5.91 Å². The van der Waals surface area contributed by atoms with Crippen LogP contribution in [0.4, 0.5) is 4.79 Å². The molecule has 2 aliphatic rings. The summed E-state index contributed by atoms with van der Waals surface area (Å²) in [4.78, 5) is 28.2. The third-order valence-corrected chi connectivity index (χ3v) is 10.3. The molecule has 2 saturated carbocycles. The topological polar surface area (TPSA) is 95.6 Å². The van der Waals surface area contributed by atoms with Crippen molar-refractivity contribution in [3.8, 4) is 11.1 Å². The minimum absolute atomic E-state index is 0.148. The third-order valence-electron chi connectivity index (χ3n) is 7.28. The standard InChI is InChI=1S/C29H41N3O4S2/c1-4-30-29(34)31-38(35,36)28-26(18-25(37-28)16-20(2)3)23-12-10-22(11-13-23)19-32(24-14-15-24)27(33)17-21-8-6-5-7-9-21/h10-13,18,20-21,24H,4-9,14-17,19H2,1-3H3,(H2,30,31,34). The molecule has 2 N–H and O–H groups in total. The van der Waals surface area contributed by atoms with Crippen molar-refractivity contribution in [2.75, 3.05) is 6.54 Å². The average Bonchev–Trinajstić information content (AvgIpc) is 3.62. The van der Waals surface area contributed by atoms with Crippen LogP contribution in [0.1, 0.15) is 82.6 Å². The molecule has 2 aromatic rings. The summed E-state index contributed by atoms with van der Waals surface area (Å²) in [5.41, 5.74) is 2.42. The molecule has 0 bridgehead atoms. The second-order valence-electron chi connectivity index (χ2n) is 11.1. The molecule has 2 aliphatic carbocycles. The number of urea groups is 1. The highest BCUT2D eigenvalue weighted by atomic mass is 32.2. The molecular weight excluding hydrogens is 518 g/mol. The van der Waals surface area contributed by atoms with Gasteiger partial charge in [-0.2, -0.15) is 0 Å². The number of nitrogens with zero attached hydrogens (tertiary/aromatic N) is 1. The van der Waals surface area contributed by atoms with E-state index in [-0.39, 0.29) is 10.1 Å². The number of nitrogens with one attached hydrogen (secondary N) is 2. The highest BCUT2D eigenvalue weighted by Crippen LogP contribution is 2.37. The lowest BCUT2D eigenvalue weighted by molar-refractivity contribution is -0.133. The summed E-state index contributed by atoms with van der Waals surface area (Å²) in [5, 5.41) is 2.49. The molecule has 0 spiro atoms. The van der Waals surface area contributed by atoms with Crippen LogP contribution in [0.2, 0.25) is 0 Å². The van der Waals surface area contributed by atoms with Gasteiger partial charge in [-0.3, -0.25) is 4.79 Å². The zero-order chi connectivity index (χ0) is 27.3. The van der Waals surface area contributed by atoms with E-state index in [1.807, 2.05) is 30.3 Å². The van der Waals surface area contributed by atoms with E-state index in [1.165, 1.54) is 43.4 Å². The van der Waals surface area contributed by atoms with Crippen molar-refractivity contribution in [3.05, 3.63) is 40.8 Å². The number of carbonyl (C=O) groups is 2. The first-order valence-corrected chi connectivity index (χ1v) is 16.3. The van der Waals surface area contributed by atoms with Gasteiger partial charge in [-0.25, -0.2) is 17.9 Å². The highest BCUT2D eigenvalue weighted by molar-refractivity contribution is 7.92. The zero-order valence-electron chi connectivity index (χ0n) is 22.8. The third kappa shape index (κ3) is 7.59. The molecule has 1 aromatic carbocycles. The molecule has 0 unspecified atom stereocenters. The van der Waals surface area contributed by atoms with Gasteiger partial charge in [0.05, 0.1) is 0 Å². The number of sulfonamides is 1. The second-order valence-corrected chi connectivity index (χ2v) is 14.1. The molecule has 0 saturated heterocycles. The number of hydrogen-bond donors (Lipinski definition) is 2. The number of carbonyl (C=O) groups excluding carboxylic acids is 2. The average molecular weight is 560 g/mol. The van der Waals surface area contributed by atoms with Crippen LogP contribution < -0.4 is 10.0 Å². The zero-order valence-corrected chi connectivity index (χ0v) is 24.4. The Labute approximate surface area is 231 Å². The van der Waals surface area contributed by atoms with Gasteiger partial charge in [0, 0.05) is 36.0 Å². The maximum Gasteiger partial charge on any atom is 0.328 e. The Hall–Kier alpha value is -2.39. The lowest BCUT2D eigenvalue weighted by Crippen LogP contribution is -2.39. The van der Waals surface area contributed by atoms with E-state index in [9.17, 15) is 18.0 Å². The summed E-state index contributed by atoms with van der Waals surface area (Å²) in [6.07, 6.45) is 9.65. The smallest absolute Gasteiger partial charge is 0.328 e. The molecule has 0 radical (unpaired) electrons. The molecule has 0 atom stereocenters. The van der Waals surface area contributed by atoms with Gasteiger partial charge in [0.25, 0.3) is 10.0 Å². The quantitative estimate of drug-likeness (QED) is 0.349. The van der Waals surface area contributed by atoms with E-state index >= 15 is 0 Å². The van der Waals surface area contributed by atoms with Crippen molar-refractivity contribution in [2.45, 2.75) is 95.4 Å².